The predicted octanol–water partition coefficient (Wildman–Crippen LogP) is 2.87. The molecule has 1 aliphatic carbocycles. The third-order valence-electron chi connectivity index (χ3n) is 4.78. The summed E-state index contributed by atoms with van der Waals surface area (Å²) >= 11 is 0. The second-order valence-electron chi connectivity index (χ2n) is 5.90. The molecule has 0 amide bonds. The van der Waals surface area contributed by atoms with Gasteiger partial charge in [0.2, 0.25) is 0 Å². The quantitative estimate of drug-likeness (QED) is 0.781. The Kier molecular flexibility index (Phi) is 5.26. The summed E-state index contributed by atoms with van der Waals surface area (Å²) in [4.78, 5) is 2.54. The lowest BCUT2D eigenvalue weighted by Crippen LogP contribution is -2.55. The van der Waals surface area contributed by atoms with E-state index in [1.807, 2.05) is 0 Å². The number of nitrogens with zero attached hydrogens (tertiary/aromatic N) is 1. The van der Waals surface area contributed by atoms with Gasteiger partial charge in [-0.3, -0.25) is 4.90 Å². The Hall–Kier alpha value is -0.0800. The number of rotatable bonds is 5. The summed E-state index contributed by atoms with van der Waals surface area (Å²) in [6, 6.07) is 0. The molecule has 0 aromatic rings. The first kappa shape index (κ1) is 14.0. The maximum absolute atomic E-state index is 6.08. The van der Waals surface area contributed by atoms with Crippen molar-refractivity contribution in [3.8, 4) is 0 Å². The van der Waals surface area contributed by atoms with Gasteiger partial charge in [0.05, 0.1) is 0 Å². The van der Waals surface area contributed by atoms with E-state index in [1.54, 1.807) is 0 Å². The Labute approximate surface area is 102 Å². The smallest absolute Gasteiger partial charge is 0.0331 e. The van der Waals surface area contributed by atoms with Crippen molar-refractivity contribution in [3.05, 3.63) is 0 Å². The average molecular weight is 226 g/mol. The van der Waals surface area contributed by atoms with Crippen LogP contribution < -0.4 is 5.73 Å². The third kappa shape index (κ3) is 2.98. The molecule has 1 saturated carbocycles. The molecule has 3 unspecified atom stereocenters. The molecule has 0 aromatic carbocycles. The zero-order valence-corrected chi connectivity index (χ0v) is 11.6. The molecule has 3 atom stereocenters. The number of hydrogen-bond donors (Lipinski definition) is 1. The van der Waals surface area contributed by atoms with Crippen molar-refractivity contribution in [2.24, 2.45) is 17.6 Å². The van der Waals surface area contributed by atoms with Gasteiger partial charge in [-0.2, -0.15) is 0 Å². The highest BCUT2D eigenvalue weighted by Gasteiger charge is 2.39. The lowest BCUT2D eigenvalue weighted by Gasteiger charge is -2.48. The van der Waals surface area contributed by atoms with Gasteiger partial charge >= 0.3 is 0 Å². The fourth-order valence-corrected chi connectivity index (χ4v) is 3.00. The van der Waals surface area contributed by atoms with Crippen LogP contribution in [-0.4, -0.2) is 30.6 Å². The normalized spacial score (nSPS) is 35.6. The highest BCUT2D eigenvalue weighted by Crippen LogP contribution is 2.38. The molecule has 0 radical (unpaired) electrons. The van der Waals surface area contributed by atoms with Crippen molar-refractivity contribution in [1.82, 2.24) is 4.90 Å². The van der Waals surface area contributed by atoms with Gasteiger partial charge in [0.25, 0.3) is 0 Å². The molecule has 0 aliphatic heterocycles. The monoisotopic (exact) mass is 226 g/mol. The topological polar surface area (TPSA) is 29.3 Å². The minimum absolute atomic E-state index is 0.293. The Bertz CT molecular complexity index is 205. The van der Waals surface area contributed by atoms with Crippen LogP contribution in [0.5, 0.6) is 0 Å². The number of nitrogens with two attached hydrogens (primary N) is 1. The van der Waals surface area contributed by atoms with Crippen LogP contribution in [0.2, 0.25) is 0 Å². The van der Waals surface area contributed by atoms with E-state index < -0.39 is 0 Å². The van der Waals surface area contributed by atoms with E-state index in [-0.39, 0.29) is 0 Å². The molecule has 2 N–H and O–H groups in total. The molecule has 0 saturated heterocycles. The predicted molar refractivity (Wildman–Crippen MR) is 71.5 cm³/mol. The SMILES string of the molecule is CCCCN(C)C1(CN)CCC(C)C(C)C1. The van der Waals surface area contributed by atoms with Crippen LogP contribution in [0.4, 0.5) is 0 Å². The molecule has 2 nitrogen and oxygen atoms in total. The van der Waals surface area contributed by atoms with E-state index in [0.29, 0.717) is 5.54 Å². The van der Waals surface area contributed by atoms with Crippen LogP contribution >= 0.6 is 0 Å². The van der Waals surface area contributed by atoms with Crippen molar-refractivity contribution in [1.29, 1.82) is 0 Å². The summed E-state index contributed by atoms with van der Waals surface area (Å²) in [5.41, 5.74) is 6.37. The summed E-state index contributed by atoms with van der Waals surface area (Å²) in [5.74, 6) is 1.70. The molecular formula is C14H30N2. The van der Waals surface area contributed by atoms with E-state index in [4.69, 9.17) is 5.73 Å². The maximum atomic E-state index is 6.08. The molecule has 0 aromatic heterocycles. The summed E-state index contributed by atoms with van der Waals surface area (Å²) in [6.07, 6.45) is 6.48. The Balaban J connectivity index is 2.62. The first-order valence-electron chi connectivity index (χ1n) is 6.97. The van der Waals surface area contributed by atoms with Gasteiger partial charge in [-0.1, -0.05) is 27.2 Å². The van der Waals surface area contributed by atoms with Crippen LogP contribution in [0, 0.1) is 11.8 Å². The fraction of sp³-hybridized carbons (Fsp3) is 1.00. The van der Waals surface area contributed by atoms with E-state index in [1.165, 1.54) is 38.6 Å². The maximum Gasteiger partial charge on any atom is 0.0331 e. The zero-order chi connectivity index (χ0) is 12.2. The third-order valence-corrected chi connectivity index (χ3v) is 4.78. The van der Waals surface area contributed by atoms with Gasteiger partial charge in [0, 0.05) is 12.1 Å². The molecule has 0 spiro atoms. The number of likely N-dealkylation sites (N-methyl/N-ethyl adjacent to an activating group) is 1. The van der Waals surface area contributed by atoms with Gasteiger partial charge in [-0.05, 0) is 51.1 Å². The second-order valence-corrected chi connectivity index (χ2v) is 5.90. The number of unbranched alkanes of at least 4 members (excludes halogenated alkanes) is 1. The highest BCUT2D eigenvalue weighted by atomic mass is 15.2. The van der Waals surface area contributed by atoms with Crippen molar-refractivity contribution in [2.75, 3.05) is 20.1 Å². The van der Waals surface area contributed by atoms with E-state index >= 15 is 0 Å². The highest BCUT2D eigenvalue weighted by molar-refractivity contribution is 4.96. The van der Waals surface area contributed by atoms with Crippen molar-refractivity contribution in [3.63, 3.8) is 0 Å². The Morgan fingerprint density at radius 1 is 1.31 bits per heavy atom. The first-order valence-corrected chi connectivity index (χ1v) is 6.97. The molecule has 1 rings (SSSR count). The van der Waals surface area contributed by atoms with E-state index in [9.17, 15) is 0 Å². The first-order chi connectivity index (χ1) is 7.55. The Morgan fingerprint density at radius 3 is 2.50 bits per heavy atom. The molecule has 96 valence electrons. The largest absolute Gasteiger partial charge is 0.329 e. The van der Waals surface area contributed by atoms with Crippen molar-refractivity contribution < 1.29 is 0 Å². The lowest BCUT2D eigenvalue weighted by molar-refractivity contribution is 0.0396. The molecule has 1 aliphatic rings. The summed E-state index contributed by atoms with van der Waals surface area (Å²) in [7, 11) is 2.27. The lowest BCUT2D eigenvalue weighted by atomic mass is 9.70. The molecular weight excluding hydrogens is 196 g/mol. The Morgan fingerprint density at radius 2 is 2.00 bits per heavy atom. The summed E-state index contributed by atoms with van der Waals surface area (Å²) in [5, 5.41) is 0. The minimum atomic E-state index is 0.293. The molecule has 0 bridgehead atoms. The van der Waals surface area contributed by atoms with Crippen LogP contribution in [-0.2, 0) is 0 Å². The zero-order valence-electron chi connectivity index (χ0n) is 11.6. The minimum Gasteiger partial charge on any atom is -0.329 e. The van der Waals surface area contributed by atoms with E-state index in [0.717, 1.165) is 18.4 Å². The average Bonchev–Trinajstić information content (AvgIpc) is 2.29. The van der Waals surface area contributed by atoms with Gasteiger partial charge < -0.3 is 5.73 Å². The molecule has 16 heavy (non-hydrogen) atoms. The van der Waals surface area contributed by atoms with E-state index in [2.05, 4.69) is 32.7 Å². The van der Waals surface area contributed by atoms with Crippen LogP contribution in [0.1, 0.15) is 52.9 Å². The van der Waals surface area contributed by atoms with Gasteiger partial charge in [-0.25, -0.2) is 0 Å². The molecule has 0 heterocycles. The van der Waals surface area contributed by atoms with Gasteiger partial charge in [0.1, 0.15) is 0 Å². The second kappa shape index (κ2) is 6.02. The summed E-state index contributed by atoms with van der Waals surface area (Å²) in [6.45, 7) is 9.06. The van der Waals surface area contributed by atoms with Crippen molar-refractivity contribution >= 4 is 0 Å². The van der Waals surface area contributed by atoms with Crippen LogP contribution in [0.15, 0.2) is 0 Å². The standard InChI is InChI=1S/C14H30N2/c1-5-6-9-16(4)14(11-15)8-7-12(2)13(3)10-14/h12-13H,5-11,15H2,1-4H3. The van der Waals surface area contributed by atoms with Crippen LogP contribution in [0.3, 0.4) is 0 Å². The molecule has 1 fully saturated rings. The number of hydrogen-bond acceptors (Lipinski definition) is 2. The fourth-order valence-electron chi connectivity index (χ4n) is 3.00. The summed E-state index contributed by atoms with van der Waals surface area (Å²) < 4.78 is 0. The van der Waals surface area contributed by atoms with Crippen LogP contribution in [0.25, 0.3) is 0 Å². The van der Waals surface area contributed by atoms with Gasteiger partial charge in [0.15, 0.2) is 0 Å². The molecule has 2 heteroatoms. The van der Waals surface area contributed by atoms with Gasteiger partial charge in [-0.15, -0.1) is 0 Å². The van der Waals surface area contributed by atoms with Crippen molar-refractivity contribution in [2.45, 2.75) is 58.4 Å².